The molecule has 0 aliphatic rings. The molecule has 4 aromatic carbocycles. The first-order valence-corrected chi connectivity index (χ1v) is 13.7. The van der Waals surface area contributed by atoms with Gasteiger partial charge < -0.3 is 16.0 Å². The molecule has 214 valence electrons. The lowest BCUT2D eigenvalue weighted by molar-refractivity contribution is -0.137. The second-order valence-corrected chi connectivity index (χ2v) is 10.2. The summed E-state index contributed by atoms with van der Waals surface area (Å²) in [5, 5.41) is 7.93. The van der Waals surface area contributed by atoms with Crippen molar-refractivity contribution < 1.29 is 27.6 Å². The zero-order chi connectivity index (χ0) is 30.1. The van der Waals surface area contributed by atoms with E-state index in [-0.39, 0.29) is 17.1 Å². The highest BCUT2D eigenvalue weighted by Gasteiger charge is 2.30. The molecule has 0 fully saturated rings. The maximum absolute atomic E-state index is 13.2. The van der Waals surface area contributed by atoms with Gasteiger partial charge >= 0.3 is 6.18 Å². The van der Waals surface area contributed by atoms with Crippen molar-refractivity contribution in [3.8, 4) is 0 Å². The van der Waals surface area contributed by atoms with Crippen molar-refractivity contribution in [1.82, 2.24) is 5.32 Å². The molecule has 0 atom stereocenters. The predicted molar refractivity (Wildman–Crippen MR) is 159 cm³/mol. The maximum Gasteiger partial charge on any atom is 0.416 e. The smallest absolute Gasteiger partial charge is 0.325 e. The Hall–Kier alpha value is -4.83. The second kappa shape index (κ2) is 13.7. The van der Waals surface area contributed by atoms with Gasteiger partial charge in [0.15, 0.2) is 0 Å². The first-order valence-electron chi connectivity index (χ1n) is 12.7. The minimum atomic E-state index is -4.50. The highest BCUT2D eigenvalue weighted by atomic mass is 32.2. The van der Waals surface area contributed by atoms with Crippen molar-refractivity contribution in [3.05, 3.63) is 131 Å². The van der Waals surface area contributed by atoms with Crippen LogP contribution in [0.2, 0.25) is 0 Å². The zero-order valence-corrected chi connectivity index (χ0v) is 23.2. The summed E-state index contributed by atoms with van der Waals surface area (Å²) in [6.07, 6.45) is -2.92. The van der Waals surface area contributed by atoms with E-state index in [0.717, 1.165) is 23.3 Å². The van der Waals surface area contributed by atoms with E-state index in [1.165, 1.54) is 23.9 Å². The number of thioether (sulfide) groups is 1. The summed E-state index contributed by atoms with van der Waals surface area (Å²) in [4.78, 5) is 39.0. The maximum atomic E-state index is 13.2. The van der Waals surface area contributed by atoms with Gasteiger partial charge in [-0.1, -0.05) is 54.1 Å². The first-order chi connectivity index (χ1) is 20.1. The zero-order valence-electron chi connectivity index (χ0n) is 22.4. The Labute approximate surface area is 245 Å². The minimum Gasteiger partial charge on any atom is -0.325 e. The molecular weight excluding hydrogens is 563 g/mol. The summed E-state index contributed by atoms with van der Waals surface area (Å²) in [7, 11) is 0. The van der Waals surface area contributed by atoms with Crippen molar-refractivity contribution in [3.63, 3.8) is 0 Å². The van der Waals surface area contributed by atoms with E-state index in [9.17, 15) is 27.6 Å². The largest absolute Gasteiger partial charge is 0.416 e. The lowest BCUT2D eigenvalue weighted by Gasteiger charge is -2.12. The highest BCUT2D eigenvalue weighted by Crippen LogP contribution is 2.30. The van der Waals surface area contributed by atoms with Crippen LogP contribution in [0.25, 0.3) is 6.08 Å². The van der Waals surface area contributed by atoms with Gasteiger partial charge in [0.1, 0.15) is 5.70 Å². The van der Waals surface area contributed by atoms with E-state index in [2.05, 4.69) is 16.0 Å². The molecule has 0 unspecified atom stereocenters. The highest BCUT2D eigenvalue weighted by molar-refractivity contribution is 8.00. The van der Waals surface area contributed by atoms with Crippen LogP contribution in [-0.4, -0.2) is 23.5 Å². The van der Waals surface area contributed by atoms with E-state index in [1.54, 1.807) is 60.7 Å². The molecule has 10 heteroatoms. The summed E-state index contributed by atoms with van der Waals surface area (Å²) in [6, 6.07) is 27.1. The first kappa shape index (κ1) is 30.1. The lowest BCUT2D eigenvalue weighted by atomic mass is 10.1. The second-order valence-electron chi connectivity index (χ2n) is 9.18. The molecule has 0 aliphatic carbocycles. The molecule has 0 radical (unpaired) electrons. The lowest BCUT2D eigenvalue weighted by Crippen LogP contribution is -2.30. The summed E-state index contributed by atoms with van der Waals surface area (Å²) in [6.45, 7) is 1.95. The number of halogens is 3. The molecule has 0 heterocycles. The third-order valence-corrected chi connectivity index (χ3v) is 6.88. The topological polar surface area (TPSA) is 87.3 Å². The molecule has 0 saturated carbocycles. The summed E-state index contributed by atoms with van der Waals surface area (Å²) in [5.74, 6) is -1.45. The molecule has 3 amide bonds. The Bertz CT molecular complexity index is 1590. The van der Waals surface area contributed by atoms with Gasteiger partial charge in [0.2, 0.25) is 5.91 Å². The molecule has 0 aliphatic heterocycles. The fourth-order valence-corrected chi connectivity index (χ4v) is 4.42. The number of carbonyl (C=O) groups is 3. The number of hydrogen-bond donors (Lipinski definition) is 3. The number of amides is 3. The molecule has 3 N–H and O–H groups in total. The van der Waals surface area contributed by atoms with Crippen LogP contribution in [0, 0.1) is 6.92 Å². The minimum absolute atomic E-state index is 0.0308. The third kappa shape index (κ3) is 8.84. The summed E-state index contributed by atoms with van der Waals surface area (Å²) in [5.41, 5.74) is 1.91. The average Bonchev–Trinajstić information content (AvgIpc) is 2.97. The van der Waals surface area contributed by atoms with Crippen molar-refractivity contribution in [2.24, 2.45) is 0 Å². The molecule has 42 heavy (non-hydrogen) atoms. The third-order valence-electron chi connectivity index (χ3n) is 5.87. The van der Waals surface area contributed by atoms with E-state index >= 15 is 0 Å². The van der Waals surface area contributed by atoms with Gasteiger partial charge in [0.25, 0.3) is 11.8 Å². The fraction of sp³-hybridized carbons (Fsp3) is 0.0938. The van der Waals surface area contributed by atoms with Crippen LogP contribution in [0.1, 0.15) is 27.0 Å². The Morgan fingerprint density at radius 1 is 0.786 bits per heavy atom. The van der Waals surface area contributed by atoms with Crippen molar-refractivity contribution in [2.45, 2.75) is 18.0 Å². The van der Waals surface area contributed by atoms with Crippen LogP contribution in [0.15, 0.2) is 114 Å². The Kier molecular flexibility index (Phi) is 9.82. The molecule has 0 bridgehead atoms. The van der Waals surface area contributed by atoms with Crippen LogP contribution in [0.4, 0.5) is 24.5 Å². The van der Waals surface area contributed by atoms with Crippen molar-refractivity contribution in [2.75, 3.05) is 16.4 Å². The van der Waals surface area contributed by atoms with Gasteiger partial charge in [-0.2, -0.15) is 13.2 Å². The Morgan fingerprint density at radius 3 is 2.14 bits per heavy atom. The molecule has 0 saturated heterocycles. The van der Waals surface area contributed by atoms with Gasteiger partial charge in [-0.15, -0.1) is 11.8 Å². The summed E-state index contributed by atoms with van der Waals surface area (Å²) >= 11 is 1.18. The number of aryl methyl sites for hydroxylation is 1. The monoisotopic (exact) mass is 589 g/mol. The number of anilines is 2. The van der Waals surface area contributed by atoms with Crippen LogP contribution >= 0.6 is 11.8 Å². The number of alkyl halides is 3. The van der Waals surface area contributed by atoms with Gasteiger partial charge in [0.05, 0.1) is 11.3 Å². The fourth-order valence-electron chi connectivity index (χ4n) is 3.72. The number of hydrogen-bond acceptors (Lipinski definition) is 4. The molecule has 6 nitrogen and oxygen atoms in total. The Morgan fingerprint density at radius 2 is 1.48 bits per heavy atom. The number of rotatable bonds is 9. The van der Waals surface area contributed by atoms with Crippen LogP contribution in [-0.2, 0) is 15.8 Å². The number of carbonyl (C=O) groups excluding carboxylic acids is 3. The molecule has 0 aromatic heterocycles. The number of benzene rings is 4. The van der Waals surface area contributed by atoms with Crippen molar-refractivity contribution in [1.29, 1.82) is 0 Å². The van der Waals surface area contributed by atoms with Crippen LogP contribution in [0.3, 0.4) is 0 Å². The molecule has 4 rings (SSSR count). The summed E-state index contributed by atoms with van der Waals surface area (Å²) < 4.78 is 38.7. The van der Waals surface area contributed by atoms with E-state index in [0.29, 0.717) is 16.1 Å². The predicted octanol–water partition coefficient (Wildman–Crippen LogP) is 7.15. The Balaban J connectivity index is 1.38. The molecule has 4 aromatic rings. The standard InChI is InChI=1S/C32H26F3N3O3S/c1-21-10-12-22(13-11-21)18-28(38-30(40)23-6-3-2-4-7-23)31(41)37-25-14-16-27(17-15-25)42-20-29(39)36-26-9-5-8-24(19-26)32(33,34)35/h2-19H,20H2,1H3,(H,36,39)(H,37,41)(H,38,40)/b28-18-. The molecular formula is C32H26F3N3O3S. The van der Waals surface area contributed by atoms with E-state index in [4.69, 9.17) is 0 Å². The van der Waals surface area contributed by atoms with Gasteiger partial charge in [-0.25, -0.2) is 0 Å². The van der Waals surface area contributed by atoms with Gasteiger partial charge in [0, 0.05) is 21.8 Å². The number of nitrogens with one attached hydrogen (secondary N) is 3. The van der Waals surface area contributed by atoms with Gasteiger partial charge in [-0.3, -0.25) is 14.4 Å². The van der Waals surface area contributed by atoms with Crippen LogP contribution in [0.5, 0.6) is 0 Å². The van der Waals surface area contributed by atoms with E-state index < -0.39 is 29.5 Å². The van der Waals surface area contributed by atoms with Crippen molar-refractivity contribution >= 4 is 46.9 Å². The van der Waals surface area contributed by atoms with Crippen LogP contribution < -0.4 is 16.0 Å². The van der Waals surface area contributed by atoms with E-state index in [1.807, 2.05) is 31.2 Å². The molecule has 0 spiro atoms. The van der Waals surface area contributed by atoms with Gasteiger partial charge in [-0.05, 0) is 73.2 Å². The quantitative estimate of drug-likeness (QED) is 0.143. The average molecular weight is 590 g/mol. The normalized spacial score (nSPS) is 11.5. The SMILES string of the molecule is Cc1ccc(/C=C(\NC(=O)c2ccccc2)C(=O)Nc2ccc(SCC(=O)Nc3cccc(C(F)(F)F)c3)cc2)cc1.